The van der Waals surface area contributed by atoms with E-state index in [0.717, 1.165) is 12.3 Å². The summed E-state index contributed by atoms with van der Waals surface area (Å²) in [7, 11) is 0. The Morgan fingerprint density at radius 1 is 1.64 bits per heavy atom. The third-order valence-electron chi connectivity index (χ3n) is 2.02. The van der Waals surface area contributed by atoms with Gasteiger partial charge in [0.15, 0.2) is 0 Å². The van der Waals surface area contributed by atoms with Gasteiger partial charge in [0.25, 0.3) is 0 Å². The van der Waals surface area contributed by atoms with Gasteiger partial charge in [0, 0.05) is 18.7 Å². The highest BCUT2D eigenvalue weighted by molar-refractivity contribution is 8.00. The first-order valence-corrected chi connectivity index (χ1v) is 5.01. The molecule has 1 fully saturated rings. The summed E-state index contributed by atoms with van der Waals surface area (Å²) in [6.07, 6.45) is 0.629. The zero-order valence-corrected chi connectivity index (χ0v) is 8.20. The van der Waals surface area contributed by atoms with Gasteiger partial charge in [-0.3, -0.25) is 4.79 Å². The third-order valence-corrected chi connectivity index (χ3v) is 3.34. The first kappa shape index (κ1) is 8.91. The van der Waals surface area contributed by atoms with E-state index in [2.05, 4.69) is 13.8 Å². The molecule has 1 aliphatic rings. The number of thioether (sulfide) groups is 1. The van der Waals surface area contributed by atoms with E-state index in [9.17, 15) is 4.79 Å². The molecule has 0 saturated carbocycles. The molecule has 0 N–H and O–H groups in total. The topological polar surface area (TPSA) is 20.3 Å². The molecule has 3 heteroatoms. The van der Waals surface area contributed by atoms with Gasteiger partial charge in [0.1, 0.15) is 0 Å². The van der Waals surface area contributed by atoms with Gasteiger partial charge >= 0.3 is 0 Å². The first-order valence-electron chi connectivity index (χ1n) is 4.02. The lowest BCUT2D eigenvalue weighted by molar-refractivity contribution is -0.132. The van der Waals surface area contributed by atoms with E-state index in [-0.39, 0.29) is 10.8 Å². The molecule has 1 heterocycles. The van der Waals surface area contributed by atoms with Crippen LogP contribution in [0.2, 0.25) is 0 Å². The van der Waals surface area contributed by atoms with Crippen molar-refractivity contribution < 1.29 is 4.79 Å². The average molecular weight is 173 g/mol. The van der Waals surface area contributed by atoms with Gasteiger partial charge in [-0.15, -0.1) is 11.8 Å². The second kappa shape index (κ2) is 3.05. The lowest BCUT2D eigenvalue weighted by Gasteiger charge is -2.30. The standard InChI is InChI=1S/C8H15NOS/c1-4-7(10)9-5-6-11-8(9,2)3/h4-6H2,1-3H3. The molecule has 0 aromatic carbocycles. The van der Waals surface area contributed by atoms with Crippen molar-refractivity contribution in [2.24, 2.45) is 0 Å². The Balaban J connectivity index is 2.64. The van der Waals surface area contributed by atoms with Crippen LogP contribution < -0.4 is 0 Å². The van der Waals surface area contributed by atoms with E-state index >= 15 is 0 Å². The van der Waals surface area contributed by atoms with Crippen LogP contribution in [0.15, 0.2) is 0 Å². The maximum Gasteiger partial charge on any atom is 0.223 e. The molecule has 0 aromatic rings. The van der Waals surface area contributed by atoms with Crippen LogP contribution >= 0.6 is 11.8 Å². The predicted molar refractivity (Wildman–Crippen MR) is 48.5 cm³/mol. The Kier molecular flexibility index (Phi) is 2.47. The fraction of sp³-hybridized carbons (Fsp3) is 0.875. The second-order valence-corrected chi connectivity index (χ2v) is 4.89. The summed E-state index contributed by atoms with van der Waals surface area (Å²) < 4.78 is 0. The van der Waals surface area contributed by atoms with Crippen molar-refractivity contribution in [2.75, 3.05) is 12.3 Å². The largest absolute Gasteiger partial charge is 0.328 e. The zero-order chi connectivity index (χ0) is 8.48. The summed E-state index contributed by atoms with van der Waals surface area (Å²) in [4.78, 5) is 13.3. The quantitative estimate of drug-likeness (QED) is 0.601. The molecule has 1 saturated heterocycles. The molecule has 0 bridgehead atoms. The summed E-state index contributed by atoms with van der Waals surface area (Å²) >= 11 is 1.86. The van der Waals surface area contributed by atoms with Crippen LogP contribution in [-0.4, -0.2) is 28.0 Å². The van der Waals surface area contributed by atoms with Crippen molar-refractivity contribution >= 4 is 17.7 Å². The Bertz CT molecular complexity index is 167. The fourth-order valence-electron chi connectivity index (χ4n) is 1.35. The van der Waals surface area contributed by atoms with Crippen LogP contribution in [-0.2, 0) is 4.79 Å². The maximum absolute atomic E-state index is 11.3. The molecule has 0 radical (unpaired) electrons. The van der Waals surface area contributed by atoms with Gasteiger partial charge in [-0.05, 0) is 13.8 Å². The van der Waals surface area contributed by atoms with E-state index in [1.54, 1.807) is 0 Å². The van der Waals surface area contributed by atoms with E-state index in [1.165, 1.54) is 0 Å². The fourth-order valence-corrected chi connectivity index (χ4v) is 2.47. The van der Waals surface area contributed by atoms with Crippen LogP contribution in [0.4, 0.5) is 0 Å². The van der Waals surface area contributed by atoms with Gasteiger partial charge in [0.2, 0.25) is 5.91 Å². The van der Waals surface area contributed by atoms with Crippen molar-refractivity contribution in [1.82, 2.24) is 4.90 Å². The van der Waals surface area contributed by atoms with Crippen molar-refractivity contribution in [3.05, 3.63) is 0 Å². The summed E-state index contributed by atoms with van der Waals surface area (Å²) in [5, 5.41) is 0. The van der Waals surface area contributed by atoms with Crippen LogP contribution in [0.3, 0.4) is 0 Å². The Hall–Kier alpha value is -0.180. The second-order valence-electron chi connectivity index (χ2n) is 3.19. The summed E-state index contributed by atoms with van der Waals surface area (Å²) in [5.74, 6) is 1.36. The number of hydrogen-bond donors (Lipinski definition) is 0. The van der Waals surface area contributed by atoms with Crippen LogP contribution in [0, 0.1) is 0 Å². The lowest BCUT2D eigenvalue weighted by atomic mass is 10.3. The summed E-state index contributed by atoms with van der Waals surface area (Å²) in [6, 6.07) is 0. The van der Waals surface area contributed by atoms with Crippen molar-refractivity contribution in [3.63, 3.8) is 0 Å². The molecule has 11 heavy (non-hydrogen) atoms. The Labute approximate surface area is 72.3 Å². The predicted octanol–water partition coefficient (Wildman–Crippen LogP) is 1.71. The van der Waals surface area contributed by atoms with Gasteiger partial charge in [-0.25, -0.2) is 0 Å². The number of carbonyl (C=O) groups is 1. The van der Waals surface area contributed by atoms with E-state index in [0.29, 0.717) is 6.42 Å². The minimum Gasteiger partial charge on any atom is -0.328 e. The summed E-state index contributed by atoms with van der Waals surface area (Å²) in [5.41, 5.74) is 0. The molecule has 0 atom stereocenters. The smallest absolute Gasteiger partial charge is 0.223 e. The third kappa shape index (κ3) is 1.70. The van der Waals surface area contributed by atoms with Crippen LogP contribution in [0.1, 0.15) is 27.2 Å². The number of rotatable bonds is 1. The minimum absolute atomic E-state index is 0.0348. The average Bonchev–Trinajstić information content (AvgIpc) is 2.28. The molecule has 64 valence electrons. The lowest BCUT2D eigenvalue weighted by Crippen LogP contribution is -2.40. The zero-order valence-electron chi connectivity index (χ0n) is 7.39. The normalized spacial score (nSPS) is 22.3. The highest BCUT2D eigenvalue weighted by atomic mass is 32.2. The molecule has 1 amide bonds. The van der Waals surface area contributed by atoms with Gasteiger partial charge in [0.05, 0.1) is 4.87 Å². The highest BCUT2D eigenvalue weighted by Gasteiger charge is 2.34. The van der Waals surface area contributed by atoms with Crippen LogP contribution in [0.25, 0.3) is 0 Å². The number of hydrogen-bond acceptors (Lipinski definition) is 2. The molecule has 1 aliphatic heterocycles. The molecule has 0 aromatic heterocycles. The van der Waals surface area contributed by atoms with E-state index in [4.69, 9.17) is 0 Å². The van der Waals surface area contributed by atoms with Crippen molar-refractivity contribution in [3.8, 4) is 0 Å². The van der Waals surface area contributed by atoms with Gasteiger partial charge in [-0.2, -0.15) is 0 Å². The SMILES string of the molecule is CCC(=O)N1CCSC1(C)C. The molecular formula is C8H15NOS. The van der Waals surface area contributed by atoms with Crippen molar-refractivity contribution in [1.29, 1.82) is 0 Å². The monoisotopic (exact) mass is 173 g/mol. The van der Waals surface area contributed by atoms with E-state index < -0.39 is 0 Å². The molecule has 1 rings (SSSR count). The molecular weight excluding hydrogens is 158 g/mol. The maximum atomic E-state index is 11.3. The van der Waals surface area contributed by atoms with Crippen LogP contribution in [0.5, 0.6) is 0 Å². The van der Waals surface area contributed by atoms with Gasteiger partial charge in [-0.1, -0.05) is 6.92 Å². The van der Waals surface area contributed by atoms with E-state index in [1.807, 2.05) is 23.6 Å². The van der Waals surface area contributed by atoms with Gasteiger partial charge < -0.3 is 4.90 Å². The first-order chi connectivity index (χ1) is 5.08. The molecule has 0 aliphatic carbocycles. The Morgan fingerprint density at radius 3 is 2.64 bits per heavy atom. The number of carbonyl (C=O) groups excluding carboxylic acids is 1. The number of nitrogens with zero attached hydrogens (tertiary/aromatic N) is 1. The molecule has 0 spiro atoms. The highest BCUT2D eigenvalue weighted by Crippen LogP contribution is 2.34. The minimum atomic E-state index is 0.0348. The van der Waals surface area contributed by atoms with Crippen molar-refractivity contribution in [2.45, 2.75) is 32.1 Å². The number of amides is 1. The molecule has 0 unspecified atom stereocenters. The summed E-state index contributed by atoms with van der Waals surface area (Å²) in [6.45, 7) is 7.06. The Morgan fingerprint density at radius 2 is 2.27 bits per heavy atom. The molecule has 2 nitrogen and oxygen atoms in total.